The van der Waals surface area contributed by atoms with Crippen molar-refractivity contribution in [2.24, 2.45) is 0 Å². The molecular formula is C36H39Cl2N9O4. The Balaban J connectivity index is 1.09. The maximum atomic E-state index is 12.2. The standard InChI is InChI=1S/C36H39Cl2N9O4/c1-50-34-29(16-39-15-21-9-10-31(48)43-21)41-17-27(44-34)25-7-3-5-23(32(25)37)24-6-4-8-26(33(24)38)28-18-42-30(35(45-28)51-2)20-46-13-11-22(19-46)47-14-12-40-36(47)49/h3-8,17-18,21-22,39H,9-16,19-20H2,1-2H3,(H,40,49)(H,43,48)/t21-,22?/m0/s1. The van der Waals surface area contributed by atoms with E-state index in [4.69, 9.17) is 47.6 Å². The van der Waals surface area contributed by atoms with E-state index in [1.807, 2.05) is 41.3 Å². The first kappa shape index (κ1) is 34.9. The first-order chi connectivity index (χ1) is 24.8. The van der Waals surface area contributed by atoms with Crippen LogP contribution >= 0.6 is 23.2 Å². The van der Waals surface area contributed by atoms with Gasteiger partial charge in [-0.05, 0) is 12.8 Å². The van der Waals surface area contributed by atoms with Crippen LogP contribution in [0.2, 0.25) is 10.0 Å². The minimum absolute atomic E-state index is 0.0105. The second-order valence-corrected chi connectivity index (χ2v) is 13.5. The van der Waals surface area contributed by atoms with Gasteiger partial charge < -0.3 is 30.3 Å². The van der Waals surface area contributed by atoms with Crippen molar-refractivity contribution >= 4 is 35.1 Å². The molecule has 3 amide bonds. The van der Waals surface area contributed by atoms with Gasteiger partial charge in [0, 0.05) is 86.6 Å². The minimum atomic E-state index is 0.0105. The Kier molecular flexibility index (Phi) is 10.5. The highest BCUT2D eigenvalue weighted by Crippen LogP contribution is 2.42. The molecule has 5 heterocycles. The molecule has 3 fully saturated rings. The molecule has 3 N–H and O–H groups in total. The molecule has 15 heteroatoms. The Morgan fingerprint density at radius 1 is 0.863 bits per heavy atom. The molecular weight excluding hydrogens is 693 g/mol. The molecule has 7 rings (SSSR count). The lowest BCUT2D eigenvalue weighted by Gasteiger charge is -2.23. The summed E-state index contributed by atoms with van der Waals surface area (Å²) in [6.45, 7) is 4.69. The van der Waals surface area contributed by atoms with Crippen LogP contribution in [0.3, 0.4) is 0 Å². The fourth-order valence-corrected chi connectivity index (χ4v) is 7.59. The fraction of sp³-hybridized carbons (Fsp3) is 0.389. The molecule has 2 atom stereocenters. The second-order valence-electron chi connectivity index (χ2n) is 12.8. The summed E-state index contributed by atoms with van der Waals surface area (Å²) in [5.74, 6) is 0.891. The van der Waals surface area contributed by atoms with Gasteiger partial charge in [-0.15, -0.1) is 0 Å². The van der Waals surface area contributed by atoms with E-state index in [0.29, 0.717) is 82.6 Å². The third-order valence-corrected chi connectivity index (χ3v) is 10.4. The molecule has 2 aromatic carbocycles. The van der Waals surface area contributed by atoms with E-state index in [2.05, 4.69) is 25.8 Å². The fourth-order valence-electron chi connectivity index (χ4n) is 6.94. The van der Waals surface area contributed by atoms with Gasteiger partial charge in [-0.2, -0.15) is 0 Å². The van der Waals surface area contributed by atoms with E-state index in [9.17, 15) is 9.59 Å². The topological polar surface area (TPSA) is 147 Å². The summed E-state index contributed by atoms with van der Waals surface area (Å²) in [5.41, 5.74) is 5.29. The van der Waals surface area contributed by atoms with Crippen LogP contribution in [0.15, 0.2) is 48.8 Å². The van der Waals surface area contributed by atoms with Crippen LogP contribution < -0.4 is 25.4 Å². The van der Waals surface area contributed by atoms with Gasteiger partial charge in [-0.25, -0.2) is 14.8 Å². The Hall–Kier alpha value is -4.56. The molecule has 51 heavy (non-hydrogen) atoms. The molecule has 0 spiro atoms. The van der Waals surface area contributed by atoms with Crippen molar-refractivity contribution in [2.45, 2.75) is 44.4 Å². The van der Waals surface area contributed by atoms with Crippen molar-refractivity contribution in [1.29, 1.82) is 0 Å². The van der Waals surface area contributed by atoms with Crippen molar-refractivity contribution in [2.75, 3.05) is 46.9 Å². The van der Waals surface area contributed by atoms with Crippen molar-refractivity contribution in [3.63, 3.8) is 0 Å². The van der Waals surface area contributed by atoms with Crippen LogP contribution in [0, 0.1) is 0 Å². The van der Waals surface area contributed by atoms with Gasteiger partial charge in [0.2, 0.25) is 17.7 Å². The molecule has 1 unspecified atom stereocenters. The zero-order valence-electron chi connectivity index (χ0n) is 28.4. The average molecular weight is 733 g/mol. The summed E-state index contributed by atoms with van der Waals surface area (Å²) in [6, 6.07) is 11.7. The molecule has 266 valence electrons. The minimum Gasteiger partial charge on any atom is -0.480 e. The number of halogens is 2. The van der Waals surface area contributed by atoms with Crippen molar-refractivity contribution in [3.05, 3.63) is 70.2 Å². The first-order valence-electron chi connectivity index (χ1n) is 17.0. The summed E-state index contributed by atoms with van der Waals surface area (Å²) in [7, 11) is 3.14. The van der Waals surface area contributed by atoms with Gasteiger partial charge in [0.1, 0.15) is 11.4 Å². The summed E-state index contributed by atoms with van der Waals surface area (Å²) < 4.78 is 11.3. The van der Waals surface area contributed by atoms with Gasteiger partial charge in [-0.1, -0.05) is 59.6 Å². The van der Waals surface area contributed by atoms with Gasteiger partial charge in [0.25, 0.3) is 0 Å². The molecule has 3 aliphatic heterocycles. The number of methoxy groups -OCH3 is 2. The molecule has 0 saturated carbocycles. The molecule has 0 aliphatic carbocycles. The number of benzene rings is 2. The zero-order chi connectivity index (χ0) is 35.5. The molecule has 3 aliphatic rings. The molecule has 0 radical (unpaired) electrons. The number of likely N-dealkylation sites (tertiary alicyclic amines) is 1. The highest BCUT2D eigenvalue weighted by Gasteiger charge is 2.33. The number of amides is 3. The van der Waals surface area contributed by atoms with Gasteiger partial charge in [0.15, 0.2) is 0 Å². The van der Waals surface area contributed by atoms with Crippen LogP contribution in [-0.4, -0.2) is 101 Å². The lowest BCUT2D eigenvalue weighted by molar-refractivity contribution is -0.119. The number of hydrogen-bond acceptors (Lipinski definition) is 10. The van der Waals surface area contributed by atoms with Crippen LogP contribution in [0.25, 0.3) is 33.6 Å². The predicted molar refractivity (Wildman–Crippen MR) is 194 cm³/mol. The van der Waals surface area contributed by atoms with E-state index in [1.165, 1.54) is 0 Å². The normalized spacial score (nSPS) is 19.0. The number of carbonyl (C=O) groups is 2. The predicted octanol–water partition coefficient (Wildman–Crippen LogP) is 4.56. The molecule has 2 aromatic heterocycles. The third-order valence-electron chi connectivity index (χ3n) is 9.57. The van der Waals surface area contributed by atoms with Crippen LogP contribution in [0.5, 0.6) is 11.8 Å². The van der Waals surface area contributed by atoms with E-state index in [-0.39, 0.29) is 24.0 Å². The summed E-state index contributed by atoms with van der Waals surface area (Å²) in [4.78, 5) is 46.8. The van der Waals surface area contributed by atoms with E-state index in [0.717, 1.165) is 49.3 Å². The molecule has 13 nitrogen and oxygen atoms in total. The quantitative estimate of drug-likeness (QED) is 0.190. The first-order valence-corrected chi connectivity index (χ1v) is 17.7. The Morgan fingerprint density at radius 3 is 2.08 bits per heavy atom. The van der Waals surface area contributed by atoms with Gasteiger partial charge >= 0.3 is 6.03 Å². The Bertz CT molecular complexity index is 1950. The molecule has 3 saturated heterocycles. The van der Waals surface area contributed by atoms with Crippen molar-refractivity contribution < 1.29 is 19.1 Å². The smallest absolute Gasteiger partial charge is 0.317 e. The van der Waals surface area contributed by atoms with Crippen LogP contribution in [-0.2, 0) is 17.9 Å². The lowest BCUT2D eigenvalue weighted by Crippen LogP contribution is -2.39. The Labute approximate surface area is 306 Å². The van der Waals surface area contributed by atoms with E-state index < -0.39 is 0 Å². The number of rotatable bonds is 12. The number of hydrogen-bond donors (Lipinski definition) is 3. The largest absolute Gasteiger partial charge is 0.480 e. The number of carbonyl (C=O) groups excluding carboxylic acids is 2. The summed E-state index contributed by atoms with van der Waals surface area (Å²) in [6.07, 6.45) is 5.67. The van der Waals surface area contributed by atoms with Crippen molar-refractivity contribution in [3.8, 4) is 45.4 Å². The SMILES string of the molecule is COc1nc(-c2cccc(-c3cccc(-c4cnc(CN5CCC(N6CCNC6=O)C5)c(OC)n4)c3Cl)c2Cl)cnc1CNC[C@@H]1CCC(=O)N1. The number of nitrogens with zero attached hydrogens (tertiary/aromatic N) is 6. The monoisotopic (exact) mass is 731 g/mol. The van der Waals surface area contributed by atoms with Crippen LogP contribution in [0.4, 0.5) is 4.79 Å². The highest BCUT2D eigenvalue weighted by molar-refractivity contribution is 6.39. The number of urea groups is 1. The van der Waals surface area contributed by atoms with E-state index in [1.54, 1.807) is 26.6 Å². The third kappa shape index (κ3) is 7.43. The number of nitrogens with one attached hydrogen (secondary N) is 3. The summed E-state index contributed by atoms with van der Waals surface area (Å²) in [5, 5.41) is 10.1. The van der Waals surface area contributed by atoms with Crippen molar-refractivity contribution in [1.82, 2.24) is 45.7 Å². The average Bonchev–Trinajstić information content (AvgIpc) is 3.90. The van der Waals surface area contributed by atoms with Gasteiger partial charge in [-0.3, -0.25) is 19.7 Å². The molecule has 4 aromatic rings. The Morgan fingerprint density at radius 2 is 1.49 bits per heavy atom. The summed E-state index contributed by atoms with van der Waals surface area (Å²) >= 11 is 14.2. The molecule has 0 bridgehead atoms. The number of aromatic nitrogens is 4. The zero-order valence-corrected chi connectivity index (χ0v) is 29.9. The number of ether oxygens (including phenoxy) is 2. The maximum absolute atomic E-state index is 12.2. The van der Waals surface area contributed by atoms with Crippen LogP contribution in [0.1, 0.15) is 30.7 Å². The second kappa shape index (κ2) is 15.4. The highest BCUT2D eigenvalue weighted by atomic mass is 35.5. The van der Waals surface area contributed by atoms with Gasteiger partial charge in [0.05, 0.1) is 48.0 Å². The lowest BCUT2D eigenvalue weighted by atomic mass is 9.98. The van der Waals surface area contributed by atoms with E-state index >= 15 is 0 Å². The maximum Gasteiger partial charge on any atom is 0.317 e.